The Labute approximate surface area is 179 Å². The fraction of sp³-hybridized carbons (Fsp3) is 0.619. The van der Waals surface area contributed by atoms with Crippen LogP contribution in [0.25, 0.3) is 0 Å². The van der Waals surface area contributed by atoms with Crippen molar-refractivity contribution in [3.63, 3.8) is 0 Å². The Morgan fingerprint density at radius 1 is 1.17 bits per heavy atom. The summed E-state index contributed by atoms with van der Waals surface area (Å²) < 4.78 is 10.5. The molecule has 8 heteroatoms. The average molecular weight is 428 g/mol. The Morgan fingerprint density at radius 3 is 2.31 bits per heavy atom. The molecule has 1 fully saturated rings. The molecule has 0 bridgehead atoms. The number of hydrogen-bond donors (Lipinski definition) is 2. The molecule has 2 rings (SSSR count). The van der Waals surface area contributed by atoms with Crippen molar-refractivity contribution in [1.82, 2.24) is 15.5 Å². The number of rotatable bonds is 8. The van der Waals surface area contributed by atoms with Crippen molar-refractivity contribution in [2.75, 3.05) is 40.9 Å². The van der Waals surface area contributed by atoms with Crippen LogP contribution in [0.2, 0.25) is 0 Å². The summed E-state index contributed by atoms with van der Waals surface area (Å²) in [7, 11) is 5.00. The summed E-state index contributed by atoms with van der Waals surface area (Å²) in [5, 5.41) is 6.12. The third-order valence-corrected chi connectivity index (χ3v) is 5.16. The lowest BCUT2D eigenvalue weighted by Crippen LogP contribution is -2.54. The van der Waals surface area contributed by atoms with Crippen LogP contribution in [0.5, 0.6) is 11.5 Å². The molecule has 2 amide bonds. The highest BCUT2D eigenvalue weighted by Gasteiger charge is 2.32. The van der Waals surface area contributed by atoms with Gasteiger partial charge in [-0.15, -0.1) is 12.4 Å². The molecule has 1 aromatic rings. The maximum atomic E-state index is 13.1. The molecule has 29 heavy (non-hydrogen) atoms. The summed E-state index contributed by atoms with van der Waals surface area (Å²) in [6, 6.07) is 4.42. The minimum absolute atomic E-state index is 0. The third-order valence-electron chi connectivity index (χ3n) is 5.16. The second-order valence-corrected chi connectivity index (χ2v) is 7.65. The van der Waals surface area contributed by atoms with E-state index in [1.54, 1.807) is 18.2 Å². The van der Waals surface area contributed by atoms with Gasteiger partial charge in [-0.1, -0.05) is 13.8 Å². The summed E-state index contributed by atoms with van der Waals surface area (Å²) in [6.07, 6.45) is 2.11. The molecule has 2 unspecified atom stereocenters. The van der Waals surface area contributed by atoms with Gasteiger partial charge in [0.1, 0.15) is 17.5 Å². The van der Waals surface area contributed by atoms with Gasteiger partial charge in [0, 0.05) is 24.7 Å². The van der Waals surface area contributed by atoms with Crippen LogP contribution < -0.4 is 20.1 Å². The molecule has 0 aliphatic carbocycles. The third kappa shape index (κ3) is 6.78. The minimum atomic E-state index is -0.571. The maximum absolute atomic E-state index is 13.1. The van der Waals surface area contributed by atoms with Crippen molar-refractivity contribution in [3.8, 4) is 11.5 Å². The highest BCUT2D eigenvalue weighted by molar-refractivity contribution is 5.98. The normalized spacial score (nSPS) is 17.3. The molecule has 0 aromatic heterocycles. The van der Waals surface area contributed by atoms with Gasteiger partial charge in [-0.3, -0.25) is 9.59 Å². The van der Waals surface area contributed by atoms with Crippen LogP contribution in [0.4, 0.5) is 0 Å². The summed E-state index contributed by atoms with van der Waals surface area (Å²) in [6.45, 7) is 6.26. The largest absolute Gasteiger partial charge is 0.497 e. The van der Waals surface area contributed by atoms with E-state index in [1.807, 2.05) is 25.8 Å². The number of methoxy groups -OCH3 is 2. The summed E-state index contributed by atoms with van der Waals surface area (Å²) in [5.74, 6) is 1.17. The number of hydrogen-bond acceptors (Lipinski definition) is 5. The van der Waals surface area contributed by atoms with E-state index >= 15 is 0 Å². The maximum Gasteiger partial charge on any atom is 0.252 e. The first-order chi connectivity index (χ1) is 13.4. The number of ether oxygens (including phenoxy) is 2. The van der Waals surface area contributed by atoms with Gasteiger partial charge in [-0.2, -0.15) is 0 Å². The molecule has 2 atom stereocenters. The van der Waals surface area contributed by atoms with Gasteiger partial charge in [0.15, 0.2) is 0 Å². The van der Waals surface area contributed by atoms with E-state index in [-0.39, 0.29) is 30.1 Å². The molecule has 1 aliphatic rings. The molecular formula is C21H34ClN3O4. The Bertz CT molecular complexity index is 660. The number of halogens is 1. The number of benzene rings is 1. The first-order valence-electron chi connectivity index (χ1n) is 9.86. The molecule has 1 saturated heterocycles. The van der Waals surface area contributed by atoms with Crippen LogP contribution in [-0.2, 0) is 4.79 Å². The van der Waals surface area contributed by atoms with Gasteiger partial charge in [0.05, 0.1) is 14.2 Å². The minimum Gasteiger partial charge on any atom is -0.497 e. The molecule has 1 aliphatic heterocycles. The lowest BCUT2D eigenvalue weighted by atomic mass is 9.95. The number of carbonyl (C=O) groups is 2. The van der Waals surface area contributed by atoms with Gasteiger partial charge in [-0.05, 0) is 50.4 Å². The second-order valence-electron chi connectivity index (χ2n) is 7.65. The predicted octanol–water partition coefficient (Wildman–Crippen LogP) is 2.34. The molecule has 2 N–H and O–H groups in total. The van der Waals surface area contributed by atoms with Gasteiger partial charge in [0.2, 0.25) is 5.91 Å². The zero-order valence-electron chi connectivity index (χ0n) is 18.0. The van der Waals surface area contributed by atoms with Crippen molar-refractivity contribution < 1.29 is 19.1 Å². The van der Waals surface area contributed by atoms with Crippen LogP contribution in [0.15, 0.2) is 18.2 Å². The fourth-order valence-corrected chi connectivity index (χ4v) is 3.59. The molecule has 0 radical (unpaired) electrons. The van der Waals surface area contributed by atoms with Crippen molar-refractivity contribution in [2.24, 2.45) is 11.8 Å². The molecule has 1 aromatic carbocycles. The Balaban J connectivity index is 0.00000420. The Hall–Kier alpha value is -1.99. The highest BCUT2D eigenvalue weighted by atomic mass is 35.5. The van der Waals surface area contributed by atoms with E-state index in [4.69, 9.17) is 9.47 Å². The van der Waals surface area contributed by atoms with Crippen molar-refractivity contribution >= 4 is 24.2 Å². The van der Waals surface area contributed by atoms with E-state index in [9.17, 15) is 9.59 Å². The molecule has 1 heterocycles. The van der Waals surface area contributed by atoms with Crippen molar-refractivity contribution in [2.45, 2.75) is 32.7 Å². The van der Waals surface area contributed by atoms with Gasteiger partial charge < -0.3 is 25.0 Å². The van der Waals surface area contributed by atoms with Gasteiger partial charge in [-0.25, -0.2) is 0 Å². The lowest BCUT2D eigenvalue weighted by molar-refractivity contribution is -0.136. The smallest absolute Gasteiger partial charge is 0.252 e. The summed E-state index contributed by atoms with van der Waals surface area (Å²) in [4.78, 5) is 27.9. The number of carbonyl (C=O) groups excluding carboxylic acids is 2. The number of piperidine rings is 1. The molecule has 0 spiro atoms. The number of likely N-dealkylation sites (tertiary alicyclic amines) is 1. The Kier molecular flexibility index (Phi) is 10.3. The van der Waals surface area contributed by atoms with Crippen molar-refractivity contribution in [3.05, 3.63) is 23.8 Å². The van der Waals surface area contributed by atoms with Crippen molar-refractivity contribution in [1.29, 1.82) is 0 Å². The van der Waals surface area contributed by atoms with E-state index < -0.39 is 6.04 Å². The number of nitrogens with one attached hydrogen (secondary N) is 2. The fourth-order valence-electron chi connectivity index (χ4n) is 3.59. The predicted molar refractivity (Wildman–Crippen MR) is 116 cm³/mol. The summed E-state index contributed by atoms with van der Waals surface area (Å²) >= 11 is 0. The van der Waals surface area contributed by atoms with E-state index in [2.05, 4.69) is 10.6 Å². The summed E-state index contributed by atoms with van der Waals surface area (Å²) in [5.41, 5.74) is 0.404. The van der Waals surface area contributed by atoms with Crippen LogP contribution >= 0.6 is 12.4 Å². The highest BCUT2D eigenvalue weighted by Crippen LogP contribution is 2.23. The topological polar surface area (TPSA) is 79.9 Å². The van der Waals surface area contributed by atoms with E-state index in [0.717, 1.165) is 32.5 Å². The van der Waals surface area contributed by atoms with E-state index in [0.29, 0.717) is 23.0 Å². The first kappa shape index (κ1) is 25.0. The van der Waals surface area contributed by atoms with Crippen LogP contribution in [0.3, 0.4) is 0 Å². The standard InChI is InChI=1S/C21H33N3O4.ClH/c1-14(2)19(21(26)24-8-6-7-15(13-24)12-22-3)23-20(25)16-9-17(27-4)11-18(10-16)28-5;/h9-11,14-15,19,22H,6-8,12-13H2,1-5H3,(H,23,25);1H. The zero-order valence-corrected chi connectivity index (χ0v) is 18.8. The van der Waals surface area contributed by atoms with Gasteiger partial charge in [0.25, 0.3) is 5.91 Å². The van der Waals surface area contributed by atoms with E-state index in [1.165, 1.54) is 14.2 Å². The SMILES string of the molecule is CNCC1CCCN(C(=O)C(NC(=O)c2cc(OC)cc(OC)c2)C(C)C)C1.Cl. The molecule has 164 valence electrons. The quantitative estimate of drug-likeness (QED) is 0.665. The number of amides is 2. The average Bonchev–Trinajstić information content (AvgIpc) is 2.71. The van der Waals surface area contributed by atoms with Crippen LogP contribution in [0.1, 0.15) is 37.0 Å². The molecule has 0 saturated carbocycles. The van der Waals surface area contributed by atoms with Gasteiger partial charge >= 0.3 is 0 Å². The molecular weight excluding hydrogens is 394 g/mol. The first-order valence-corrected chi connectivity index (χ1v) is 9.86. The Morgan fingerprint density at radius 2 is 1.79 bits per heavy atom. The molecule has 7 nitrogen and oxygen atoms in total. The van der Waals surface area contributed by atoms with Crippen LogP contribution in [-0.4, -0.2) is 63.7 Å². The lowest BCUT2D eigenvalue weighted by Gasteiger charge is -2.36. The zero-order chi connectivity index (χ0) is 20.7. The monoisotopic (exact) mass is 427 g/mol. The van der Waals surface area contributed by atoms with Crippen LogP contribution in [0, 0.1) is 11.8 Å². The second kappa shape index (κ2) is 11.9. The number of nitrogens with zero attached hydrogens (tertiary/aromatic N) is 1.